The first-order chi connectivity index (χ1) is 16.3. The summed E-state index contributed by atoms with van der Waals surface area (Å²) in [4.78, 5) is 20.6. The molecule has 0 atom stereocenters. The summed E-state index contributed by atoms with van der Waals surface area (Å²) in [7, 11) is 0. The number of hydrogen-bond acceptors (Lipinski definition) is 5. The third-order valence-corrected chi connectivity index (χ3v) is 5.14. The Hall–Kier alpha value is -4.08. The topological polar surface area (TPSA) is 85.1 Å². The van der Waals surface area contributed by atoms with Gasteiger partial charge in [-0.2, -0.15) is 13.2 Å². The highest BCUT2D eigenvalue weighted by molar-refractivity contribution is 6.06. The Morgan fingerprint density at radius 1 is 1.26 bits per heavy atom. The first-order valence-corrected chi connectivity index (χ1v) is 10.5. The van der Waals surface area contributed by atoms with Crippen molar-refractivity contribution < 1.29 is 18.0 Å². The molecule has 1 aliphatic rings. The van der Waals surface area contributed by atoms with Crippen molar-refractivity contribution in [3.63, 3.8) is 0 Å². The summed E-state index contributed by atoms with van der Waals surface area (Å²) >= 11 is 0. The van der Waals surface area contributed by atoms with Crippen LogP contribution in [0.15, 0.2) is 72.4 Å². The van der Waals surface area contributed by atoms with Crippen LogP contribution < -0.4 is 5.32 Å². The molecule has 2 aromatic heterocycles. The molecule has 10 heteroatoms. The number of pyridine rings is 1. The number of nitrogens with zero attached hydrogens (tertiary/aromatic N) is 5. The van der Waals surface area contributed by atoms with Crippen LogP contribution >= 0.6 is 0 Å². The summed E-state index contributed by atoms with van der Waals surface area (Å²) in [6.07, 6.45) is 4.03. The summed E-state index contributed by atoms with van der Waals surface area (Å²) < 4.78 is 41.0. The number of carbonyl (C=O) groups excluding carboxylic acids is 1. The summed E-state index contributed by atoms with van der Waals surface area (Å²) in [5, 5.41) is 11.0. The van der Waals surface area contributed by atoms with E-state index in [2.05, 4.69) is 32.1 Å². The number of alkyl halides is 3. The normalized spacial score (nSPS) is 14.4. The Morgan fingerprint density at radius 3 is 2.76 bits per heavy atom. The first-order valence-electron chi connectivity index (χ1n) is 10.5. The van der Waals surface area contributed by atoms with E-state index in [1.165, 1.54) is 18.5 Å². The molecule has 2 heterocycles. The molecule has 4 rings (SSSR count). The minimum atomic E-state index is -4.54. The van der Waals surface area contributed by atoms with Crippen molar-refractivity contribution in [3.8, 4) is 11.4 Å². The lowest BCUT2D eigenvalue weighted by Crippen LogP contribution is -2.14. The molecule has 3 aromatic rings. The minimum absolute atomic E-state index is 0.0172. The molecule has 1 aliphatic carbocycles. The Labute approximate surface area is 193 Å². The van der Waals surface area contributed by atoms with Gasteiger partial charge in [-0.05, 0) is 49.6 Å². The second-order valence-electron chi connectivity index (χ2n) is 7.73. The van der Waals surface area contributed by atoms with Crippen molar-refractivity contribution in [3.05, 3.63) is 78.5 Å². The molecule has 1 aromatic carbocycles. The van der Waals surface area contributed by atoms with Crippen LogP contribution in [-0.2, 0) is 11.0 Å². The monoisotopic (exact) mass is 466 g/mol. The van der Waals surface area contributed by atoms with Gasteiger partial charge in [0.05, 0.1) is 5.56 Å². The van der Waals surface area contributed by atoms with Crippen LogP contribution in [0.1, 0.15) is 36.9 Å². The zero-order chi connectivity index (χ0) is 24.3. The molecule has 1 N–H and O–H groups in total. The highest BCUT2D eigenvalue weighted by Gasteiger charge is 2.31. The van der Waals surface area contributed by atoms with Crippen LogP contribution in [0.3, 0.4) is 0 Å². The number of halogens is 3. The van der Waals surface area contributed by atoms with E-state index in [-0.39, 0.29) is 16.8 Å². The summed E-state index contributed by atoms with van der Waals surface area (Å²) in [6, 6.07) is 8.49. The van der Waals surface area contributed by atoms with E-state index in [0.717, 1.165) is 30.7 Å². The quantitative estimate of drug-likeness (QED) is 0.290. The van der Waals surface area contributed by atoms with Gasteiger partial charge in [-0.25, -0.2) is 0 Å². The predicted molar refractivity (Wildman–Crippen MR) is 123 cm³/mol. The molecular formula is C24H21F3N6O. The van der Waals surface area contributed by atoms with Gasteiger partial charge < -0.3 is 9.88 Å². The average molecular weight is 466 g/mol. The fraction of sp³-hybridized carbons (Fsp3) is 0.208. The lowest BCUT2D eigenvalue weighted by molar-refractivity contribution is -0.137. The van der Waals surface area contributed by atoms with Crippen molar-refractivity contribution in [2.45, 2.75) is 32.0 Å². The zero-order valence-electron chi connectivity index (χ0n) is 18.3. The molecule has 0 aliphatic heterocycles. The van der Waals surface area contributed by atoms with Gasteiger partial charge in [0.25, 0.3) is 5.91 Å². The van der Waals surface area contributed by atoms with Crippen molar-refractivity contribution >= 4 is 23.4 Å². The minimum Gasteiger partial charge on any atom is -0.321 e. The zero-order valence-corrected chi connectivity index (χ0v) is 18.3. The maximum Gasteiger partial charge on any atom is 0.417 e. The maximum atomic E-state index is 13.0. The van der Waals surface area contributed by atoms with Gasteiger partial charge in [0, 0.05) is 41.5 Å². The van der Waals surface area contributed by atoms with Crippen molar-refractivity contribution in [1.82, 2.24) is 19.7 Å². The number of aromatic nitrogens is 4. The highest BCUT2D eigenvalue weighted by Crippen LogP contribution is 2.37. The van der Waals surface area contributed by atoms with E-state index in [1.807, 2.05) is 10.6 Å². The van der Waals surface area contributed by atoms with E-state index in [1.54, 1.807) is 31.5 Å². The van der Waals surface area contributed by atoms with Gasteiger partial charge in [-0.15, -0.1) is 10.2 Å². The lowest BCUT2D eigenvalue weighted by atomic mass is 10.1. The second kappa shape index (κ2) is 9.42. The number of carbonyl (C=O) groups is 1. The smallest absolute Gasteiger partial charge is 0.321 e. The molecule has 0 unspecified atom stereocenters. The van der Waals surface area contributed by atoms with Gasteiger partial charge >= 0.3 is 6.18 Å². The molecule has 1 saturated carbocycles. The molecule has 1 fully saturated rings. The molecule has 174 valence electrons. The Morgan fingerprint density at radius 2 is 2.06 bits per heavy atom. The maximum absolute atomic E-state index is 13.0. The van der Waals surface area contributed by atoms with Gasteiger partial charge in [0.1, 0.15) is 12.0 Å². The summed E-state index contributed by atoms with van der Waals surface area (Å²) in [5.41, 5.74) is 0.688. The van der Waals surface area contributed by atoms with E-state index in [0.29, 0.717) is 17.6 Å². The molecule has 0 radical (unpaired) electrons. The largest absolute Gasteiger partial charge is 0.417 e. The predicted octanol–water partition coefficient (Wildman–Crippen LogP) is 5.32. The Bertz CT molecular complexity index is 1290. The van der Waals surface area contributed by atoms with Gasteiger partial charge in [-0.1, -0.05) is 18.7 Å². The van der Waals surface area contributed by atoms with Crippen LogP contribution in [0, 0.1) is 0 Å². The Kier molecular flexibility index (Phi) is 6.40. The van der Waals surface area contributed by atoms with E-state index in [9.17, 15) is 18.0 Å². The first kappa shape index (κ1) is 23.1. The number of nitrogens with one attached hydrogen (secondary N) is 1. The number of benzene rings is 1. The van der Waals surface area contributed by atoms with Crippen LogP contribution in [0.2, 0.25) is 0 Å². The molecular weight excluding hydrogens is 445 g/mol. The van der Waals surface area contributed by atoms with Crippen LogP contribution in [0.4, 0.5) is 18.9 Å². The molecule has 0 spiro atoms. The van der Waals surface area contributed by atoms with Crippen LogP contribution in [-0.4, -0.2) is 31.9 Å². The molecule has 1 amide bonds. The second-order valence-corrected chi connectivity index (χ2v) is 7.73. The van der Waals surface area contributed by atoms with E-state index >= 15 is 0 Å². The fourth-order valence-electron chi connectivity index (χ4n) is 3.32. The number of aliphatic imine (C=N–C) groups is 1. The fourth-order valence-corrected chi connectivity index (χ4v) is 3.32. The third kappa shape index (κ3) is 5.28. The van der Waals surface area contributed by atoms with Gasteiger partial charge in [0.2, 0.25) is 0 Å². The lowest BCUT2D eigenvalue weighted by Gasteiger charge is -2.10. The van der Waals surface area contributed by atoms with Gasteiger partial charge in [0.15, 0.2) is 5.82 Å². The molecule has 0 bridgehead atoms. The van der Waals surface area contributed by atoms with E-state index in [4.69, 9.17) is 0 Å². The molecule has 7 nitrogen and oxygen atoms in total. The number of amides is 1. The third-order valence-electron chi connectivity index (χ3n) is 5.14. The van der Waals surface area contributed by atoms with Crippen molar-refractivity contribution in [1.29, 1.82) is 0 Å². The van der Waals surface area contributed by atoms with E-state index < -0.39 is 17.6 Å². The van der Waals surface area contributed by atoms with Crippen molar-refractivity contribution in [2.24, 2.45) is 4.99 Å². The summed E-state index contributed by atoms with van der Waals surface area (Å²) in [5.74, 6) is 0.173. The molecule has 0 saturated heterocycles. The van der Waals surface area contributed by atoms with Gasteiger partial charge in [-0.3, -0.25) is 14.8 Å². The number of anilines is 1. The number of rotatable bonds is 7. The standard InChI is InChI=1S/C24H21F3N6O/c1-3-29-21(9-15(2)17-10-18(13-28-12-17)24(25,26)27)23(34)31-19-6-4-5-16(11-19)22-32-30-14-33(22)20-7-8-20/h3-6,9-14,20H,2,7-8H2,1H3,(H,31,34)/b21-9-,29-3?. The number of allylic oxidation sites excluding steroid dienone is 2. The SMILES string of the molecule is C=C(/C=C(\N=CC)C(=O)Nc1cccc(-c2nncn2C2CC2)c1)c1cncc(C(F)(F)F)c1. The Balaban J connectivity index is 1.55. The number of hydrogen-bond donors (Lipinski definition) is 1. The summed E-state index contributed by atoms with van der Waals surface area (Å²) in [6.45, 7) is 5.41. The van der Waals surface area contributed by atoms with Crippen LogP contribution in [0.25, 0.3) is 17.0 Å². The van der Waals surface area contributed by atoms with Crippen molar-refractivity contribution in [2.75, 3.05) is 5.32 Å². The average Bonchev–Trinajstić information content (AvgIpc) is 3.54. The molecule has 34 heavy (non-hydrogen) atoms. The highest BCUT2D eigenvalue weighted by atomic mass is 19.4. The van der Waals surface area contributed by atoms with Crippen LogP contribution in [0.5, 0.6) is 0 Å².